The fourth-order valence-electron chi connectivity index (χ4n) is 4.71. The van der Waals surface area contributed by atoms with E-state index in [4.69, 9.17) is 25.8 Å². The first-order chi connectivity index (χ1) is 15.1. The second-order valence-electron chi connectivity index (χ2n) is 8.87. The van der Waals surface area contributed by atoms with Crippen molar-refractivity contribution in [3.63, 3.8) is 0 Å². The van der Waals surface area contributed by atoms with Crippen LogP contribution >= 0.6 is 11.6 Å². The molecule has 174 valence electrons. The van der Waals surface area contributed by atoms with Crippen molar-refractivity contribution >= 4 is 11.6 Å². The molecule has 0 radical (unpaired) electrons. The van der Waals surface area contributed by atoms with E-state index in [9.17, 15) is 20.4 Å². The summed E-state index contributed by atoms with van der Waals surface area (Å²) >= 11 is 6.47. The summed E-state index contributed by atoms with van der Waals surface area (Å²) in [6.07, 6.45) is -4.20. The van der Waals surface area contributed by atoms with Crippen LogP contribution in [0.2, 0.25) is 5.02 Å². The van der Waals surface area contributed by atoms with E-state index in [1.54, 1.807) is 32.0 Å². The maximum absolute atomic E-state index is 10.9. The molecule has 32 heavy (non-hydrogen) atoms. The quantitative estimate of drug-likeness (QED) is 0.518. The largest absolute Gasteiger partial charge is 0.494 e. The van der Waals surface area contributed by atoms with Crippen molar-refractivity contribution in [2.45, 2.75) is 62.5 Å². The Balaban J connectivity index is 1.72. The van der Waals surface area contributed by atoms with Gasteiger partial charge in [-0.25, -0.2) is 0 Å². The molecular formula is C24H29ClO7. The van der Waals surface area contributed by atoms with Crippen molar-refractivity contribution in [1.82, 2.24) is 0 Å². The molecule has 4 rings (SSSR count). The molecule has 5 atom stereocenters. The highest BCUT2D eigenvalue weighted by Crippen LogP contribution is 2.57. The molecule has 7 nitrogen and oxygen atoms in total. The fourth-order valence-corrected chi connectivity index (χ4v) is 4.90. The average Bonchev–Trinajstić information content (AvgIpc) is 3.01. The first kappa shape index (κ1) is 23.4. The number of aliphatic hydroxyl groups excluding tert-OH is 4. The molecule has 2 saturated heterocycles. The summed E-state index contributed by atoms with van der Waals surface area (Å²) in [5, 5.41) is 42.8. The monoisotopic (exact) mass is 464 g/mol. The molecule has 8 heteroatoms. The molecule has 2 bridgehead atoms. The van der Waals surface area contributed by atoms with E-state index in [-0.39, 0.29) is 0 Å². The van der Waals surface area contributed by atoms with Crippen LogP contribution in [0, 0.1) is 0 Å². The Morgan fingerprint density at radius 2 is 1.69 bits per heavy atom. The van der Waals surface area contributed by atoms with Gasteiger partial charge in [-0.15, -0.1) is 0 Å². The maximum atomic E-state index is 10.9. The number of benzene rings is 2. The molecule has 2 fully saturated rings. The minimum atomic E-state index is -1.77. The third-order valence-electron chi connectivity index (χ3n) is 6.59. The molecule has 2 unspecified atom stereocenters. The standard InChI is InChI=1S/C24H29ClO7/c1-4-30-17-8-5-14(6-9-17)11-15-12-16(7-10-18(15)25)24-21(29)19(27)20(28)23(13-26,32-24)22(2,3)31-24/h5-10,12,19-21,26-29H,4,11,13H2,1-3H3/t19-,20-,21+,23?,24?/m0/s1. The number of aliphatic hydroxyl groups is 4. The van der Waals surface area contributed by atoms with Gasteiger partial charge in [0.15, 0.2) is 5.60 Å². The van der Waals surface area contributed by atoms with E-state index < -0.39 is 41.9 Å². The Hall–Kier alpha value is -1.71. The highest BCUT2D eigenvalue weighted by Gasteiger charge is 2.74. The van der Waals surface area contributed by atoms with Crippen molar-refractivity contribution in [2.75, 3.05) is 13.2 Å². The van der Waals surface area contributed by atoms with Gasteiger partial charge in [0, 0.05) is 10.6 Å². The molecule has 4 N–H and O–H groups in total. The summed E-state index contributed by atoms with van der Waals surface area (Å²) < 4.78 is 17.8. The normalized spacial score (nSPS) is 33.3. The van der Waals surface area contributed by atoms with Crippen molar-refractivity contribution in [2.24, 2.45) is 0 Å². The molecule has 0 aromatic heterocycles. The Kier molecular flexibility index (Phi) is 6.05. The smallest absolute Gasteiger partial charge is 0.225 e. The van der Waals surface area contributed by atoms with E-state index >= 15 is 0 Å². The van der Waals surface area contributed by atoms with E-state index in [1.807, 2.05) is 31.2 Å². The molecule has 2 aromatic rings. The number of hydrogen-bond donors (Lipinski definition) is 4. The van der Waals surface area contributed by atoms with Gasteiger partial charge in [0.2, 0.25) is 5.79 Å². The van der Waals surface area contributed by atoms with E-state index in [2.05, 4.69) is 0 Å². The van der Waals surface area contributed by atoms with Crippen LogP contribution in [0.4, 0.5) is 0 Å². The Morgan fingerprint density at radius 1 is 1.00 bits per heavy atom. The highest BCUT2D eigenvalue weighted by atomic mass is 35.5. The van der Waals surface area contributed by atoms with E-state index in [1.165, 1.54) is 0 Å². The summed E-state index contributed by atoms with van der Waals surface area (Å²) in [5.74, 6) is -0.994. The fraction of sp³-hybridized carbons (Fsp3) is 0.500. The first-order valence-electron chi connectivity index (χ1n) is 10.7. The lowest BCUT2D eigenvalue weighted by Gasteiger charge is -2.47. The van der Waals surface area contributed by atoms with E-state index in [0.29, 0.717) is 23.6 Å². The van der Waals surface area contributed by atoms with Gasteiger partial charge in [0.1, 0.15) is 29.7 Å². The van der Waals surface area contributed by atoms with Gasteiger partial charge in [-0.2, -0.15) is 0 Å². The SMILES string of the molecule is CCOc1ccc(Cc2cc(C34OC(C)(C)C(CO)(O3)[C@@H](O)[C@H](O)[C@H]4O)ccc2Cl)cc1. The predicted molar refractivity (Wildman–Crippen MR) is 118 cm³/mol. The Morgan fingerprint density at radius 3 is 2.31 bits per heavy atom. The first-order valence-corrected chi connectivity index (χ1v) is 11.0. The van der Waals surface area contributed by atoms with Crippen LogP contribution in [0.1, 0.15) is 37.5 Å². The van der Waals surface area contributed by atoms with Crippen LogP contribution in [-0.2, 0) is 21.7 Å². The van der Waals surface area contributed by atoms with Gasteiger partial charge in [0.05, 0.1) is 13.2 Å². The molecule has 0 amide bonds. The zero-order chi connectivity index (χ0) is 23.3. The van der Waals surface area contributed by atoms with Crippen LogP contribution in [0.3, 0.4) is 0 Å². The molecule has 2 aliphatic rings. The third kappa shape index (κ3) is 3.44. The summed E-state index contributed by atoms with van der Waals surface area (Å²) in [7, 11) is 0. The number of ether oxygens (including phenoxy) is 3. The zero-order valence-electron chi connectivity index (χ0n) is 18.3. The molecule has 0 aliphatic carbocycles. The lowest BCUT2D eigenvalue weighted by molar-refractivity contribution is -0.329. The van der Waals surface area contributed by atoms with Crippen molar-refractivity contribution in [1.29, 1.82) is 0 Å². The van der Waals surface area contributed by atoms with Crippen LogP contribution in [0.25, 0.3) is 0 Å². The summed E-state index contributed by atoms with van der Waals surface area (Å²) in [5.41, 5.74) is -0.607. The average molecular weight is 465 g/mol. The van der Waals surface area contributed by atoms with Crippen molar-refractivity contribution in [3.05, 3.63) is 64.2 Å². The van der Waals surface area contributed by atoms with Gasteiger partial charge in [0.25, 0.3) is 0 Å². The van der Waals surface area contributed by atoms with E-state index in [0.717, 1.165) is 16.9 Å². The Bertz CT molecular complexity index is 979. The van der Waals surface area contributed by atoms with Gasteiger partial charge in [-0.3, -0.25) is 0 Å². The van der Waals surface area contributed by atoms with Crippen molar-refractivity contribution < 1.29 is 34.6 Å². The third-order valence-corrected chi connectivity index (χ3v) is 6.95. The van der Waals surface area contributed by atoms with Gasteiger partial charge >= 0.3 is 0 Å². The summed E-state index contributed by atoms with van der Waals surface area (Å²) in [4.78, 5) is 0. The van der Waals surface area contributed by atoms with Crippen LogP contribution in [0.5, 0.6) is 5.75 Å². The second-order valence-corrected chi connectivity index (χ2v) is 9.28. The number of rotatable bonds is 6. The molecular weight excluding hydrogens is 436 g/mol. The van der Waals surface area contributed by atoms with Crippen LogP contribution in [0.15, 0.2) is 42.5 Å². The number of fused-ring (bicyclic) bond motifs is 2. The topological polar surface area (TPSA) is 109 Å². The zero-order valence-corrected chi connectivity index (χ0v) is 19.0. The van der Waals surface area contributed by atoms with Gasteiger partial charge in [-0.1, -0.05) is 29.8 Å². The van der Waals surface area contributed by atoms with Gasteiger partial charge < -0.3 is 34.6 Å². The molecule has 0 saturated carbocycles. The lowest BCUT2D eigenvalue weighted by Crippen LogP contribution is -2.68. The predicted octanol–water partition coefficient (Wildman–Crippen LogP) is 2.14. The maximum Gasteiger partial charge on any atom is 0.225 e. The molecule has 2 aliphatic heterocycles. The number of hydrogen-bond acceptors (Lipinski definition) is 7. The summed E-state index contributed by atoms with van der Waals surface area (Å²) in [6, 6.07) is 12.8. The minimum absolute atomic E-state index is 0.435. The highest BCUT2D eigenvalue weighted by molar-refractivity contribution is 6.31. The second kappa shape index (κ2) is 8.25. The van der Waals surface area contributed by atoms with Crippen LogP contribution in [-0.4, -0.2) is 63.2 Å². The minimum Gasteiger partial charge on any atom is -0.494 e. The molecule has 2 aromatic carbocycles. The number of halogens is 1. The molecule has 0 spiro atoms. The molecule has 2 heterocycles. The Labute approximate surface area is 192 Å². The van der Waals surface area contributed by atoms with Gasteiger partial charge in [-0.05, 0) is 62.6 Å². The summed E-state index contributed by atoms with van der Waals surface area (Å²) in [6.45, 7) is 5.21. The van der Waals surface area contributed by atoms with Crippen molar-refractivity contribution in [3.8, 4) is 5.75 Å². The lowest BCUT2D eigenvalue weighted by atomic mass is 9.76. The van der Waals surface area contributed by atoms with Crippen LogP contribution < -0.4 is 4.74 Å².